The summed E-state index contributed by atoms with van der Waals surface area (Å²) in [6.45, 7) is 8.60. The van der Waals surface area contributed by atoms with Gasteiger partial charge in [0.05, 0.1) is 0 Å². The first-order chi connectivity index (χ1) is 13.1. The molecule has 0 bridgehead atoms. The second-order valence-corrected chi connectivity index (χ2v) is 7.73. The van der Waals surface area contributed by atoms with Gasteiger partial charge in [0.25, 0.3) is 5.91 Å². The fourth-order valence-electron chi connectivity index (χ4n) is 3.30. The maximum atomic E-state index is 13.2. The molecule has 154 valence electrons. The summed E-state index contributed by atoms with van der Waals surface area (Å²) in [7, 11) is 0. The smallest absolute Gasteiger partial charge is 0.329 e. The molecule has 1 aromatic heterocycles. The van der Waals surface area contributed by atoms with Crippen LogP contribution < -0.4 is 0 Å². The van der Waals surface area contributed by atoms with E-state index >= 15 is 0 Å². The molecule has 0 aliphatic heterocycles. The molecule has 0 aliphatic carbocycles. The molecule has 1 heterocycles. The minimum Gasteiger partial charge on any atom is -0.329 e. The van der Waals surface area contributed by atoms with Gasteiger partial charge in [-0.1, -0.05) is 64.4 Å². The van der Waals surface area contributed by atoms with Crippen LogP contribution >= 0.6 is 0 Å². The third kappa shape index (κ3) is 5.14. The molecule has 0 saturated heterocycles. The number of hydrogen-bond donors (Lipinski definition) is 1. The summed E-state index contributed by atoms with van der Waals surface area (Å²) in [5.41, 5.74) is -0.493. The summed E-state index contributed by atoms with van der Waals surface area (Å²) in [5, 5.41) is 5.61. The number of amides is 1. The average molecular weight is 395 g/mol. The zero-order valence-electron chi connectivity index (χ0n) is 16.8. The van der Waals surface area contributed by atoms with Crippen LogP contribution in [0.1, 0.15) is 68.7 Å². The number of hydrogen-bond acceptors (Lipinski definition) is 2. The summed E-state index contributed by atoms with van der Waals surface area (Å²) in [6.07, 6.45) is -2.11. The molecule has 28 heavy (non-hydrogen) atoms. The molecule has 7 heteroatoms. The molecule has 0 spiro atoms. The van der Waals surface area contributed by atoms with Crippen LogP contribution in [-0.2, 0) is 12.7 Å². The van der Waals surface area contributed by atoms with E-state index in [9.17, 15) is 18.0 Å². The van der Waals surface area contributed by atoms with E-state index in [0.29, 0.717) is 6.54 Å². The van der Waals surface area contributed by atoms with Crippen molar-refractivity contribution in [1.82, 2.24) is 15.1 Å². The van der Waals surface area contributed by atoms with Gasteiger partial charge < -0.3 is 4.90 Å². The Bertz CT molecular complexity index is 769. The van der Waals surface area contributed by atoms with Gasteiger partial charge in [-0.3, -0.25) is 9.89 Å². The van der Waals surface area contributed by atoms with Gasteiger partial charge in [0.1, 0.15) is 5.69 Å². The third-order valence-electron chi connectivity index (χ3n) is 5.31. The lowest BCUT2D eigenvalue weighted by Gasteiger charge is -2.42. The number of nitrogens with zero attached hydrogens (tertiary/aromatic N) is 2. The molecule has 1 atom stereocenters. The normalized spacial score (nSPS) is 13.4. The highest BCUT2D eigenvalue weighted by Crippen LogP contribution is 2.34. The van der Waals surface area contributed by atoms with E-state index in [1.54, 1.807) is 4.90 Å². The maximum absolute atomic E-state index is 13.2. The van der Waals surface area contributed by atoms with Crippen molar-refractivity contribution in [2.75, 3.05) is 0 Å². The molecule has 4 nitrogen and oxygen atoms in total. The number of aromatic nitrogens is 2. The van der Waals surface area contributed by atoms with Gasteiger partial charge in [-0.25, -0.2) is 0 Å². The first-order valence-electron chi connectivity index (χ1n) is 9.57. The molecular formula is C21H28F3N3O. The predicted octanol–water partition coefficient (Wildman–Crippen LogP) is 5.68. The Labute approximate surface area is 164 Å². The van der Waals surface area contributed by atoms with E-state index in [1.165, 1.54) is 0 Å². The van der Waals surface area contributed by atoms with E-state index in [0.717, 1.165) is 30.9 Å². The second-order valence-electron chi connectivity index (χ2n) is 7.73. The quantitative estimate of drug-likeness (QED) is 0.625. The molecule has 2 aromatic rings. The number of nitrogens with one attached hydrogen (secondary N) is 1. The van der Waals surface area contributed by atoms with Gasteiger partial charge in [0, 0.05) is 18.7 Å². The fraction of sp³-hybridized carbons (Fsp3) is 0.524. The topological polar surface area (TPSA) is 49.0 Å². The van der Waals surface area contributed by atoms with Crippen LogP contribution in [0, 0.1) is 5.41 Å². The zero-order valence-corrected chi connectivity index (χ0v) is 16.8. The molecule has 1 unspecified atom stereocenters. The van der Waals surface area contributed by atoms with Crippen LogP contribution in [0.25, 0.3) is 0 Å². The van der Waals surface area contributed by atoms with Gasteiger partial charge in [-0.2, -0.15) is 18.3 Å². The van der Waals surface area contributed by atoms with Gasteiger partial charge in [-0.05, 0) is 23.8 Å². The largest absolute Gasteiger partial charge is 0.432 e. The van der Waals surface area contributed by atoms with Gasteiger partial charge >= 0.3 is 6.18 Å². The summed E-state index contributed by atoms with van der Waals surface area (Å²) in [5.74, 6) is -0.490. The summed E-state index contributed by atoms with van der Waals surface area (Å²) in [6, 6.07) is 10.1. The summed E-state index contributed by atoms with van der Waals surface area (Å²) >= 11 is 0. The van der Waals surface area contributed by atoms with Gasteiger partial charge in [0.15, 0.2) is 5.69 Å². The van der Waals surface area contributed by atoms with Crippen molar-refractivity contribution in [3.63, 3.8) is 0 Å². The van der Waals surface area contributed by atoms with Crippen LogP contribution in [-0.4, -0.2) is 27.0 Å². The van der Waals surface area contributed by atoms with Crippen molar-refractivity contribution >= 4 is 5.91 Å². The Hall–Kier alpha value is -2.31. The standard InChI is InChI=1S/C21H28F3N3O/c1-5-10-18(20(3,4)6-2)27(14-15-11-8-7-9-12-15)19(28)16-13-17(26-25-16)21(22,23)24/h7-9,11-13,18H,5-6,10,14H2,1-4H3,(H,25,26). The van der Waals surface area contributed by atoms with Crippen LogP contribution in [0.5, 0.6) is 0 Å². The SMILES string of the molecule is CCCC(N(Cc1ccccc1)C(=O)c1cc(C(F)(F)F)[nH]n1)C(C)(C)CC. The van der Waals surface area contributed by atoms with Crippen LogP contribution in [0.2, 0.25) is 0 Å². The number of halogens is 3. The van der Waals surface area contributed by atoms with Crippen LogP contribution in [0.4, 0.5) is 13.2 Å². The summed E-state index contributed by atoms with van der Waals surface area (Å²) < 4.78 is 38.8. The first kappa shape index (κ1) is 22.0. The molecule has 0 fully saturated rings. The number of aromatic amines is 1. The lowest BCUT2D eigenvalue weighted by atomic mass is 9.78. The Balaban J connectivity index is 2.44. The Morgan fingerprint density at radius 3 is 2.32 bits per heavy atom. The number of carbonyl (C=O) groups excluding carboxylic acids is 1. The van der Waals surface area contributed by atoms with Gasteiger partial charge in [-0.15, -0.1) is 0 Å². The fourth-order valence-corrected chi connectivity index (χ4v) is 3.30. The molecule has 1 aromatic carbocycles. The lowest BCUT2D eigenvalue weighted by Crippen LogP contribution is -2.48. The van der Waals surface area contributed by atoms with E-state index < -0.39 is 17.8 Å². The molecule has 0 saturated carbocycles. The number of rotatable bonds is 8. The molecular weight excluding hydrogens is 367 g/mol. The van der Waals surface area contributed by atoms with Crippen molar-refractivity contribution < 1.29 is 18.0 Å². The molecule has 1 amide bonds. The van der Waals surface area contributed by atoms with E-state index in [1.807, 2.05) is 42.4 Å². The number of alkyl halides is 3. The average Bonchev–Trinajstić information content (AvgIpc) is 3.15. The highest BCUT2D eigenvalue weighted by atomic mass is 19.4. The Morgan fingerprint density at radius 1 is 1.18 bits per heavy atom. The molecule has 0 radical (unpaired) electrons. The van der Waals surface area contributed by atoms with Crippen molar-refractivity contribution in [3.05, 3.63) is 53.3 Å². The maximum Gasteiger partial charge on any atom is 0.432 e. The Kier molecular flexibility index (Phi) is 6.91. The molecule has 0 aliphatic rings. The first-order valence-corrected chi connectivity index (χ1v) is 9.57. The minimum atomic E-state index is -4.57. The summed E-state index contributed by atoms with van der Waals surface area (Å²) in [4.78, 5) is 14.9. The van der Waals surface area contributed by atoms with Crippen molar-refractivity contribution in [2.45, 2.75) is 65.7 Å². The Morgan fingerprint density at radius 2 is 1.82 bits per heavy atom. The predicted molar refractivity (Wildman–Crippen MR) is 103 cm³/mol. The lowest BCUT2D eigenvalue weighted by molar-refractivity contribution is -0.141. The number of benzene rings is 1. The number of carbonyl (C=O) groups is 1. The van der Waals surface area contributed by atoms with Crippen molar-refractivity contribution in [3.8, 4) is 0 Å². The van der Waals surface area contributed by atoms with Crippen LogP contribution in [0.3, 0.4) is 0 Å². The van der Waals surface area contributed by atoms with E-state index in [-0.39, 0.29) is 17.2 Å². The van der Waals surface area contributed by atoms with E-state index in [4.69, 9.17) is 0 Å². The monoisotopic (exact) mass is 395 g/mol. The van der Waals surface area contributed by atoms with Crippen LogP contribution in [0.15, 0.2) is 36.4 Å². The van der Waals surface area contributed by atoms with E-state index in [2.05, 4.69) is 25.9 Å². The molecule has 1 N–H and O–H groups in total. The minimum absolute atomic E-state index is 0.124. The highest BCUT2D eigenvalue weighted by molar-refractivity contribution is 5.92. The van der Waals surface area contributed by atoms with Crippen molar-refractivity contribution in [1.29, 1.82) is 0 Å². The zero-order chi connectivity index (χ0) is 20.9. The van der Waals surface area contributed by atoms with Gasteiger partial charge in [0.2, 0.25) is 0 Å². The van der Waals surface area contributed by atoms with Crippen molar-refractivity contribution in [2.24, 2.45) is 5.41 Å². The second kappa shape index (κ2) is 8.80. The number of H-pyrrole nitrogens is 1. The third-order valence-corrected chi connectivity index (χ3v) is 5.31. The molecule has 2 rings (SSSR count). The highest BCUT2D eigenvalue weighted by Gasteiger charge is 2.38.